The van der Waals surface area contributed by atoms with E-state index < -0.39 is 0 Å². The molecule has 0 fully saturated rings. The van der Waals surface area contributed by atoms with Crippen molar-refractivity contribution in [3.63, 3.8) is 0 Å². The average molecular weight is 298 g/mol. The highest BCUT2D eigenvalue weighted by atomic mass is 32.1. The Kier molecular flexibility index (Phi) is 4.13. The van der Waals surface area contributed by atoms with Crippen molar-refractivity contribution >= 4 is 27.4 Å². The van der Waals surface area contributed by atoms with E-state index in [4.69, 9.17) is 5.73 Å². The predicted molar refractivity (Wildman–Crippen MR) is 88.6 cm³/mol. The van der Waals surface area contributed by atoms with Crippen LogP contribution < -0.4 is 11.1 Å². The van der Waals surface area contributed by atoms with Crippen molar-refractivity contribution in [2.75, 3.05) is 11.9 Å². The molecule has 3 N–H and O–H groups in total. The normalized spacial score (nSPS) is 12.5. The highest BCUT2D eigenvalue weighted by Gasteiger charge is 2.17. The van der Waals surface area contributed by atoms with Gasteiger partial charge in [-0.05, 0) is 49.6 Å². The van der Waals surface area contributed by atoms with Crippen LogP contribution in [0.2, 0.25) is 0 Å². The first-order chi connectivity index (χ1) is 10.3. The molecule has 2 aromatic heterocycles. The molecule has 5 heteroatoms. The lowest BCUT2D eigenvalue weighted by Crippen LogP contribution is -2.16. The number of hydrogen-bond donors (Lipinski definition) is 2. The van der Waals surface area contributed by atoms with Crippen molar-refractivity contribution in [1.82, 2.24) is 9.36 Å². The van der Waals surface area contributed by atoms with E-state index in [0.717, 1.165) is 23.6 Å². The molecule has 0 amide bonds. The Hall–Kier alpha value is -1.98. The lowest BCUT2D eigenvalue weighted by Gasteiger charge is -2.17. The van der Waals surface area contributed by atoms with Crippen LogP contribution in [0.25, 0.3) is 10.1 Å². The van der Waals surface area contributed by atoms with E-state index in [1.165, 1.54) is 21.6 Å². The van der Waals surface area contributed by atoms with Gasteiger partial charge in [0, 0.05) is 11.1 Å². The van der Waals surface area contributed by atoms with Crippen molar-refractivity contribution in [3.8, 4) is 0 Å². The molecule has 0 aliphatic rings. The highest BCUT2D eigenvalue weighted by molar-refractivity contribution is 7.13. The third-order valence-electron chi connectivity index (χ3n) is 3.40. The molecule has 21 heavy (non-hydrogen) atoms. The minimum Gasteiger partial charge on any atom is -0.362 e. The highest BCUT2D eigenvalue weighted by Crippen LogP contribution is 2.30. The lowest BCUT2D eigenvalue weighted by molar-refractivity contribution is 0.692. The predicted octanol–water partition coefficient (Wildman–Crippen LogP) is 3.50. The zero-order chi connectivity index (χ0) is 14.7. The van der Waals surface area contributed by atoms with E-state index in [1.54, 1.807) is 0 Å². The molecule has 0 aliphatic carbocycles. The summed E-state index contributed by atoms with van der Waals surface area (Å²) in [6, 6.07) is 14.3. The van der Waals surface area contributed by atoms with Crippen LogP contribution in [0, 0.1) is 6.92 Å². The Morgan fingerprint density at radius 1 is 1.19 bits per heavy atom. The molecule has 0 spiro atoms. The number of nitrogens with one attached hydrogen (secondary N) is 1. The van der Waals surface area contributed by atoms with Crippen molar-refractivity contribution < 1.29 is 0 Å². The molecule has 1 unspecified atom stereocenters. The third-order valence-corrected chi connectivity index (χ3v) is 4.24. The van der Waals surface area contributed by atoms with Gasteiger partial charge in [-0.25, -0.2) is 4.98 Å². The third kappa shape index (κ3) is 3.04. The number of fused-ring (bicyclic) bond motifs is 1. The van der Waals surface area contributed by atoms with Crippen molar-refractivity contribution in [3.05, 3.63) is 53.9 Å². The van der Waals surface area contributed by atoms with Crippen molar-refractivity contribution in [2.45, 2.75) is 19.4 Å². The van der Waals surface area contributed by atoms with Crippen LogP contribution in [0.3, 0.4) is 0 Å². The molecule has 0 radical (unpaired) electrons. The number of pyridine rings is 1. The van der Waals surface area contributed by atoms with Gasteiger partial charge in [-0.1, -0.05) is 24.3 Å². The fraction of sp³-hybridized carbons (Fsp3) is 0.250. The van der Waals surface area contributed by atoms with Gasteiger partial charge in [0.1, 0.15) is 5.82 Å². The topological polar surface area (TPSA) is 63.8 Å². The average Bonchev–Trinajstić information content (AvgIpc) is 2.91. The maximum Gasteiger partial charge on any atom is 0.126 e. The molecule has 0 saturated heterocycles. The van der Waals surface area contributed by atoms with Crippen LogP contribution >= 0.6 is 11.5 Å². The van der Waals surface area contributed by atoms with E-state index in [0.29, 0.717) is 6.54 Å². The number of benzene rings is 1. The number of nitrogens with two attached hydrogens (primary N) is 1. The molecule has 108 valence electrons. The zero-order valence-corrected chi connectivity index (χ0v) is 12.7. The first kappa shape index (κ1) is 14.0. The number of anilines is 1. The first-order valence-corrected chi connectivity index (χ1v) is 7.80. The first-order valence-electron chi connectivity index (χ1n) is 7.02. The summed E-state index contributed by atoms with van der Waals surface area (Å²) < 4.78 is 5.83. The SMILES string of the molecule is Cc1cccc(NC(CCN)c2nsc3ccccc23)n1. The molecule has 0 aliphatic heterocycles. The monoisotopic (exact) mass is 298 g/mol. The minimum atomic E-state index is 0.0837. The summed E-state index contributed by atoms with van der Waals surface area (Å²) in [5.74, 6) is 0.866. The second kappa shape index (κ2) is 6.20. The van der Waals surface area contributed by atoms with Gasteiger partial charge >= 0.3 is 0 Å². The van der Waals surface area contributed by atoms with Crippen LogP contribution in [-0.4, -0.2) is 15.9 Å². The molecule has 1 atom stereocenters. The van der Waals surface area contributed by atoms with Gasteiger partial charge in [-0.2, -0.15) is 4.37 Å². The van der Waals surface area contributed by atoms with Crippen molar-refractivity contribution in [2.24, 2.45) is 5.73 Å². The second-order valence-corrected chi connectivity index (χ2v) is 5.81. The second-order valence-electron chi connectivity index (χ2n) is 5.00. The fourth-order valence-electron chi connectivity index (χ4n) is 2.40. The van der Waals surface area contributed by atoms with E-state index >= 15 is 0 Å². The molecule has 3 aromatic rings. The number of aromatic nitrogens is 2. The van der Waals surface area contributed by atoms with E-state index in [-0.39, 0.29) is 6.04 Å². The number of hydrogen-bond acceptors (Lipinski definition) is 5. The number of rotatable bonds is 5. The van der Waals surface area contributed by atoms with Gasteiger partial charge in [-0.3, -0.25) is 0 Å². The molecule has 2 heterocycles. The number of aryl methyl sites for hydroxylation is 1. The van der Waals surface area contributed by atoms with Crippen LogP contribution in [0.5, 0.6) is 0 Å². The van der Waals surface area contributed by atoms with Gasteiger partial charge in [-0.15, -0.1) is 0 Å². The summed E-state index contributed by atoms with van der Waals surface area (Å²) >= 11 is 1.53. The molecule has 0 bridgehead atoms. The van der Waals surface area contributed by atoms with E-state index in [2.05, 4.69) is 26.8 Å². The van der Waals surface area contributed by atoms with Crippen LogP contribution in [0.4, 0.5) is 5.82 Å². The van der Waals surface area contributed by atoms with Gasteiger partial charge in [0.25, 0.3) is 0 Å². The summed E-state index contributed by atoms with van der Waals surface area (Å²) in [7, 11) is 0. The van der Waals surface area contributed by atoms with Gasteiger partial charge in [0.05, 0.1) is 16.4 Å². The Bertz CT molecular complexity index is 738. The Morgan fingerprint density at radius 2 is 2.05 bits per heavy atom. The standard InChI is InChI=1S/C16H18N4S/c1-11-5-4-8-15(18-11)19-13(9-10-17)16-12-6-2-3-7-14(12)21-20-16/h2-8,13H,9-10,17H2,1H3,(H,18,19). The smallest absolute Gasteiger partial charge is 0.126 e. The van der Waals surface area contributed by atoms with Crippen LogP contribution in [-0.2, 0) is 0 Å². The van der Waals surface area contributed by atoms with Crippen LogP contribution in [0.1, 0.15) is 23.9 Å². The number of nitrogens with zero attached hydrogens (tertiary/aromatic N) is 2. The molecule has 4 nitrogen and oxygen atoms in total. The summed E-state index contributed by atoms with van der Waals surface area (Å²) in [6.45, 7) is 2.59. The Balaban J connectivity index is 1.94. The quantitative estimate of drug-likeness (QED) is 0.756. The zero-order valence-electron chi connectivity index (χ0n) is 11.9. The molecule has 1 aromatic carbocycles. The van der Waals surface area contributed by atoms with Crippen molar-refractivity contribution in [1.29, 1.82) is 0 Å². The minimum absolute atomic E-state index is 0.0837. The van der Waals surface area contributed by atoms with E-state index in [1.807, 2.05) is 37.3 Å². The summed E-state index contributed by atoms with van der Waals surface area (Å²) in [6.07, 6.45) is 0.823. The summed E-state index contributed by atoms with van der Waals surface area (Å²) in [5, 5.41) is 4.66. The van der Waals surface area contributed by atoms with E-state index in [9.17, 15) is 0 Å². The maximum atomic E-state index is 5.78. The fourth-order valence-corrected chi connectivity index (χ4v) is 3.24. The summed E-state index contributed by atoms with van der Waals surface area (Å²) in [5.41, 5.74) is 7.83. The molecule has 0 saturated carbocycles. The Morgan fingerprint density at radius 3 is 2.86 bits per heavy atom. The molecular weight excluding hydrogens is 280 g/mol. The molecular formula is C16H18N4S. The summed E-state index contributed by atoms with van der Waals surface area (Å²) in [4.78, 5) is 4.51. The maximum absolute atomic E-state index is 5.78. The largest absolute Gasteiger partial charge is 0.362 e. The Labute approximate surface area is 128 Å². The van der Waals surface area contributed by atoms with Gasteiger partial charge in [0.2, 0.25) is 0 Å². The van der Waals surface area contributed by atoms with Gasteiger partial charge in [0.15, 0.2) is 0 Å². The van der Waals surface area contributed by atoms with Gasteiger partial charge < -0.3 is 11.1 Å². The van der Waals surface area contributed by atoms with Crippen LogP contribution in [0.15, 0.2) is 42.5 Å². The molecule has 3 rings (SSSR count). The lowest BCUT2D eigenvalue weighted by atomic mass is 10.1.